The lowest BCUT2D eigenvalue weighted by Gasteiger charge is -2.20. The van der Waals surface area contributed by atoms with Gasteiger partial charge in [0.05, 0.1) is 33.1 Å². The first kappa shape index (κ1) is 21.0. The SMILES string of the molecule is Cc1ccc(Cl)c2sc(N(Cc3ccccc3)C(=O)Cc3ccc([N+](=O)[O-])cc3)nc12. The maximum atomic E-state index is 13.3. The molecular formula is C23H18ClN3O3S. The van der Waals surface area contributed by atoms with Crippen LogP contribution >= 0.6 is 22.9 Å². The molecule has 4 aromatic rings. The van der Waals surface area contributed by atoms with Gasteiger partial charge >= 0.3 is 0 Å². The highest BCUT2D eigenvalue weighted by Gasteiger charge is 2.22. The van der Waals surface area contributed by atoms with Crippen LogP contribution in [0.5, 0.6) is 0 Å². The van der Waals surface area contributed by atoms with Gasteiger partial charge in [-0.2, -0.15) is 0 Å². The number of nitro benzene ring substituents is 1. The third kappa shape index (κ3) is 4.57. The second-order valence-electron chi connectivity index (χ2n) is 7.10. The van der Waals surface area contributed by atoms with Crippen molar-refractivity contribution in [3.63, 3.8) is 0 Å². The maximum absolute atomic E-state index is 13.3. The summed E-state index contributed by atoms with van der Waals surface area (Å²) in [6.45, 7) is 2.32. The van der Waals surface area contributed by atoms with E-state index in [9.17, 15) is 14.9 Å². The number of carbonyl (C=O) groups is 1. The van der Waals surface area contributed by atoms with Crippen LogP contribution in [0.15, 0.2) is 66.7 Å². The first-order valence-electron chi connectivity index (χ1n) is 9.55. The summed E-state index contributed by atoms with van der Waals surface area (Å²) in [5.41, 5.74) is 3.44. The van der Waals surface area contributed by atoms with Crippen LogP contribution in [0.2, 0.25) is 5.02 Å². The summed E-state index contributed by atoms with van der Waals surface area (Å²) in [5, 5.41) is 12.1. The van der Waals surface area contributed by atoms with Gasteiger partial charge in [-0.1, -0.05) is 71.5 Å². The molecule has 6 nitrogen and oxygen atoms in total. The normalized spacial score (nSPS) is 10.9. The zero-order chi connectivity index (χ0) is 22.0. The van der Waals surface area contributed by atoms with Gasteiger partial charge in [-0.05, 0) is 29.7 Å². The van der Waals surface area contributed by atoms with E-state index in [2.05, 4.69) is 0 Å². The van der Waals surface area contributed by atoms with Gasteiger partial charge in [-0.25, -0.2) is 4.98 Å². The number of nitro groups is 1. The molecule has 8 heteroatoms. The number of anilines is 1. The van der Waals surface area contributed by atoms with E-state index in [0.29, 0.717) is 22.3 Å². The van der Waals surface area contributed by atoms with Crippen molar-refractivity contribution in [1.29, 1.82) is 0 Å². The third-order valence-corrected chi connectivity index (χ3v) is 6.44. The number of aromatic nitrogens is 1. The topological polar surface area (TPSA) is 76.3 Å². The average Bonchev–Trinajstić information content (AvgIpc) is 3.22. The number of non-ortho nitro benzene ring substituents is 1. The van der Waals surface area contributed by atoms with E-state index in [1.807, 2.05) is 49.4 Å². The average molecular weight is 452 g/mol. The fourth-order valence-electron chi connectivity index (χ4n) is 3.24. The number of fused-ring (bicyclic) bond motifs is 1. The van der Waals surface area contributed by atoms with E-state index in [4.69, 9.17) is 16.6 Å². The Morgan fingerprint density at radius 1 is 1.06 bits per heavy atom. The monoisotopic (exact) mass is 451 g/mol. The minimum atomic E-state index is -0.458. The highest BCUT2D eigenvalue weighted by Crippen LogP contribution is 2.36. The van der Waals surface area contributed by atoms with Crippen LogP contribution in [-0.4, -0.2) is 15.8 Å². The van der Waals surface area contributed by atoms with Crippen LogP contribution in [0.3, 0.4) is 0 Å². The summed E-state index contributed by atoms with van der Waals surface area (Å²) in [4.78, 5) is 30.1. The standard InChI is InChI=1S/C23H18ClN3O3S/c1-15-7-12-19(24)22-21(15)25-23(31-22)26(14-17-5-3-2-4-6-17)20(28)13-16-8-10-18(11-9-16)27(29)30/h2-12H,13-14H2,1H3. The Bertz CT molecular complexity index is 1220. The molecule has 0 spiro atoms. The van der Waals surface area contributed by atoms with E-state index in [1.165, 1.54) is 23.5 Å². The van der Waals surface area contributed by atoms with Crippen molar-refractivity contribution in [2.24, 2.45) is 0 Å². The number of benzene rings is 3. The molecule has 0 unspecified atom stereocenters. The molecule has 0 saturated heterocycles. The number of hydrogen-bond acceptors (Lipinski definition) is 5. The molecule has 0 atom stereocenters. The largest absolute Gasteiger partial charge is 0.283 e. The fraction of sp³-hybridized carbons (Fsp3) is 0.130. The number of thiazole rings is 1. The molecule has 31 heavy (non-hydrogen) atoms. The minimum absolute atomic E-state index is 0.00590. The van der Waals surface area contributed by atoms with Crippen molar-refractivity contribution in [1.82, 2.24) is 4.98 Å². The minimum Gasteiger partial charge on any atom is -0.283 e. The van der Waals surface area contributed by atoms with Crippen molar-refractivity contribution >= 4 is 49.9 Å². The lowest BCUT2D eigenvalue weighted by molar-refractivity contribution is -0.384. The molecule has 0 saturated carbocycles. The van der Waals surface area contributed by atoms with Gasteiger partial charge in [0.2, 0.25) is 5.91 Å². The van der Waals surface area contributed by atoms with Gasteiger partial charge in [0.25, 0.3) is 5.69 Å². The zero-order valence-corrected chi connectivity index (χ0v) is 18.2. The van der Waals surface area contributed by atoms with Crippen molar-refractivity contribution < 1.29 is 9.72 Å². The molecular weight excluding hydrogens is 434 g/mol. The predicted octanol–water partition coefficient (Wildman–Crippen LogP) is 5.94. The van der Waals surface area contributed by atoms with E-state index in [0.717, 1.165) is 21.3 Å². The molecule has 1 amide bonds. The molecule has 1 aromatic heterocycles. The lowest BCUT2D eigenvalue weighted by atomic mass is 10.1. The van der Waals surface area contributed by atoms with Crippen LogP contribution in [0.1, 0.15) is 16.7 Å². The summed E-state index contributed by atoms with van der Waals surface area (Å²) in [6, 6.07) is 19.5. The zero-order valence-electron chi connectivity index (χ0n) is 16.6. The van der Waals surface area contributed by atoms with Crippen molar-refractivity contribution in [2.45, 2.75) is 19.9 Å². The number of carbonyl (C=O) groups excluding carboxylic acids is 1. The van der Waals surface area contributed by atoms with Crippen molar-refractivity contribution in [3.05, 3.63) is 98.6 Å². The molecule has 0 N–H and O–H groups in total. The fourth-order valence-corrected chi connectivity index (χ4v) is 4.57. The lowest BCUT2D eigenvalue weighted by Crippen LogP contribution is -2.31. The van der Waals surface area contributed by atoms with Gasteiger partial charge in [0.1, 0.15) is 0 Å². The molecule has 0 bridgehead atoms. The van der Waals surface area contributed by atoms with Crippen molar-refractivity contribution in [2.75, 3.05) is 4.90 Å². The third-order valence-electron chi connectivity index (χ3n) is 4.90. The van der Waals surface area contributed by atoms with Gasteiger partial charge in [0.15, 0.2) is 5.13 Å². The summed E-state index contributed by atoms with van der Waals surface area (Å²) < 4.78 is 0.845. The van der Waals surface area contributed by atoms with E-state index < -0.39 is 4.92 Å². The highest BCUT2D eigenvalue weighted by molar-refractivity contribution is 7.23. The van der Waals surface area contributed by atoms with Crippen LogP contribution in [0, 0.1) is 17.0 Å². The van der Waals surface area contributed by atoms with E-state index in [1.54, 1.807) is 17.0 Å². The number of hydrogen-bond donors (Lipinski definition) is 0. The molecule has 0 radical (unpaired) electrons. The molecule has 3 aromatic carbocycles. The van der Waals surface area contributed by atoms with Crippen molar-refractivity contribution in [3.8, 4) is 0 Å². The number of halogens is 1. The molecule has 156 valence electrons. The Hall–Kier alpha value is -3.29. The Labute approximate surface area is 187 Å². The Morgan fingerprint density at radius 2 is 1.77 bits per heavy atom. The maximum Gasteiger partial charge on any atom is 0.269 e. The summed E-state index contributed by atoms with van der Waals surface area (Å²) in [5.74, 6) is -0.148. The molecule has 4 rings (SSSR count). The quantitative estimate of drug-likeness (QED) is 0.268. The van der Waals surface area contributed by atoms with Crippen LogP contribution in [0.4, 0.5) is 10.8 Å². The first-order chi connectivity index (χ1) is 14.9. The van der Waals surface area contributed by atoms with Gasteiger partial charge in [-0.3, -0.25) is 19.8 Å². The summed E-state index contributed by atoms with van der Waals surface area (Å²) in [7, 11) is 0. The smallest absolute Gasteiger partial charge is 0.269 e. The number of rotatable bonds is 6. The number of aryl methyl sites for hydroxylation is 1. The second kappa shape index (κ2) is 8.83. The number of amides is 1. The molecule has 0 aliphatic rings. The molecule has 0 aliphatic carbocycles. The summed E-state index contributed by atoms with van der Waals surface area (Å²) in [6.07, 6.45) is 0.105. The van der Waals surface area contributed by atoms with Crippen LogP contribution in [-0.2, 0) is 17.8 Å². The van der Waals surface area contributed by atoms with Gasteiger partial charge in [-0.15, -0.1) is 0 Å². The van der Waals surface area contributed by atoms with Crippen LogP contribution in [0.25, 0.3) is 10.2 Å². The van der Waals surface area contributed by atoms with Crippen LogP contribution < -0.4 is 4.90 Å². The predicted molar refractivity (Wildman–Crippen MR) is 124 cm³/mol. The Morgan fingerprint density at radius 3 is 2.42 bits per heavy atom. The highest BCUT2D eigenvalue weighted by atomic mass is 35.5. The van der Waals surface area contributed by atoms with Gasteiger partial charge < -0.3 is 0 Å². The molecule has 0 fully saturated rings. The van der Waals surface area contributed by atoms with E-state index in [-0.39, 0.29) is 18.0 Å². The second-order valence-corrected chi connectivity index (χ2v) is 8.49. The Kier molecular flexibility index (Phi) is 5.97. The molecule has 0 aliphatic heterocycles. The number of nitrogens with zero attached hydrogens (tertiary/aromatic N) is 3. The summed E-state index contributed by atoms with van der Waals surface area (Å²) >= 11 is 7.75. The molecule has 1 heterocycles. The first-order valence-corrected chi connectivity index (χ1v) is 10.7. The van der Waals surface area contributed by atoms with Gasteiger partial charge in [0, 0.05) is 12.1 Å². The van der Waals surface area contributed by atoms with E-state index >= 15 is 0 Å². The Balaban J connectivity index is 1.69.